The Kier molecular flexibility index (Phi) is 3.36. The average Bonchev–Trinajstić information content (AvgIpc) is 2.74. The van der Waals surface area contributed by atoms with Gasteiger partial charge in [0.2, 0.25) is 5.91 Å². The molecule has 106 valence electrons. The van der Waals surface area contributed by atoms with Crippen LogP contribution >= 0.6 is 0 Å². The molecule has 1 fully saturated rings. The zero-order chi connectivity index (χ0) is 15.0. The SMILES string of the molecule is CN1CCC(Nc2c(C#N)c(=O)n(C)c(=O)n2C)C1=O. The molecule has 1 aromatic rings. The van der Waals surface area contributed by atoms with Crippen LogP contribution in [-0.4, -0.2) is 39.6 Å². The van der Waals surface area contributed by atoms with Gasteiger partial charge in [-0.3, -0.25) is 18.7 Å². The lowest BCUT2D eigenvalue weighted by atomic mass is 10.2. The minimum absolute atomic E-state index is 0.0919. The van der Waals surface area contributed by atoms with Gasteiger partial charge in [0, 0.05) is 27.7 Å². The first kappa shape index (κ1) is 13.9. The number of hydrogen-bond donors (Lipinski definition) is 1. The maximum absolute atomic E-state index is 11.9. The monoisotopic (exact) mass is 277 g/mol. The minimum atomic E-state index is -0.670. The second kappa shape index (κ2) is 4.85. The summed E-state index contributed by atoms with van der Waals surface area (Å²) in [7, 11) is 4.44. The minimum Gasteiger partial charge on any atom is -0.358 e. The van der Waals surface area contributed by atoms with E-state index in [0.717, 1.165) is 4.57 Å². The van der Waals surface area contributed by atoms with Gasteiger partial charge < -0.3 is 10.2 Å². The van der Waals surface area contributed by atoms with Crippen LogP contribution in [0.15, 0.2) is 9.59 Å². The number of carbonyl (C=O) groups excluding carboxylic acids is 1. The molecular formula is C12H15N5O3. The Morgan fingerprint density at radius 3 is 2.35 bits per heavy atom. The molecule has 1 aliphatic heterocycles. The highest BCUT2D eigenvalue weighted by Crippen LogP contribution is 2.16. The van der Waals surface area contributed by atoms with Gasteiger partial charge in [0.25, 0.3) is 5.56 Å². The van der Waals surface area contributed by atoms with E-state index in [1.807, 2.05) is 0 Å². The number of amides is 1. The van der Waals surface area contributed by atoms with E-state index in [1.165, 1.54) is 18.7 Å². The van der Waals surface area contributed by atoms with Gasteiger partial charge in [-0.2, -0.15) is 5.26 Å². The third-order valence-electron chi connectivity index (χ3n) is 3.51. The molecule has 1 aliphatic rings. The van der Waals surface area contributed by atoms with E-state index in [1.54, 1.807) is 18.0 Å². The lowest BCUT2D eigenvalue weighted by Gasteiger charge is -2.17. The second-order valence-electron chi connectivity index (χ2n) is 4.79. The fraction of sp³-hybridized carbons (Fsp3) is 0.500. The fourth-order valence-electron chi connectivity index (χ4n) is 2.24. The van der Waals surface area contributed by atoms with Crippen molar-refractivity contribution in [1.29, 1.82) is 5.26 Å². The molecule has 0 spiro atoms. The Hall–Kier alpha value is -2.56. The third kappa shape index (κ3) is 1.97. The van der Waals surface area contributed by atoms with Gasteiger partial charge in [0.15, 0.2) is 5.56 Å². The summed E-state index contributed by atoms with van der Waals surface area (Å²) >= 11 is 0. The van der Waals surface area contributed by atoms with Gasteiger partial charge in [-0.1, -0.05) is 0 Å². The molecular weight excluding hydrogens is 262 g/mol. The Morgan fingerprint density at radius 2 is 1.85 bits per heavy atom. The van der Waals surface area contributed by atoms with Gasteiger partial charge in [-0.25, -0.2) is 4.79 Å². The largest absolute Gasteiger partial charge is 0.358 e. The summed E-state index contributed by atoms with van der Waals surface area (Å²) in [5.74, 6) is -0.0312. The van der Waals surface area contributed by atoms with Gasteiger partial charge in [0.05, 0.1) is 0 Å². The summed E-state index contributed by atoms with van der Waals surface area (Å²) in [4.78, 5) is 37.2. The van der Waals surface area contributed by atoms with Gasteiger partial charge in [-0.05, 0) is 6.42 Å². The van der Waals surface area contributed by atoms with Crippen LogP contribution in [0.25, 0.3) is 0 Å². The van der Waals surface area contributed by atoms with E-state index in [9.17, 15) is 14.4 Å². The fourth-order valence-corrected chi connectivity index (χ4v) is 2.24. The first-order valence-corrected chi connectivity index (χ1v) is 6.10. The zero-order valence-corrected chi connectivity index (χ0v) is 11.5. The molecule has 20 heavy (non-hydrogen) atoms. The van der Waals surface area contributed by atoms with Crippen LogP contribution in [0, 0.1) is 11.3 Å². The zero-order valence-electron chi connectivity index (χ0n) is 11.5. The van der Waals surface area contributed by atoms with Crippen LogP contribution in [0.5, 0.6) is 0 Å². The lowest BCUT2D eigenvalue weighted by molar-refractivity contribution is -0.127. The van der Waals surface area contributed by atoms with Crippen LogP contribution in [0.2, 0.25) is 0 Å². The standard InChI is InChI=1S/C12H15N5O3/c1-15-5-4-8(11(15)19)14-9-7(6-13)10(18)17(3)12(20)16(9)2/h8,14H,4-5H2,1-3H3. The smallest absolute Gasteiger partial charge is 0.332 e. The topological polar surface area (TPSA) is 100 Å². The molecule has 0 bridgehead atoms. The number of aromatic nitrogens is 2. The molecule has 8 heteroatoms. The molecule has 0 radical (unpaired) electrons. The summed E-state index contributed by atoms with van der Waals surface area (Å²) in [6, 6.07) is 1.27. The molecule has 1 N–H and O–H groups in total. The Bertz CT molecular complexity index is 724. The molecule has 0 aromatic carbocycles. The highest BCUT2D eigenvalue weighted by atomic mass is 16.2. The highest BCUT2D eigenvalue weighted by molar-refractivity contribution is 5.86. The van der Waals surface area contributed by atoms with Crippen molar-refractivity contribution in [1.82, 2.24) is 14.0 Å². The van der Waals surface area contributed by atoms with Gasteiger partial charge in [-0.15, -0.1) is 0 Å². The first-order chi connectivity index (χ1) is 9.38. The molecule has 1 saturated heterocycles. The number of likely N-dealkylation sites (tertiary alicyclic amines) is 1. The van der Waals surface area contributed by atoms with E-state index in [2.05, 4.69) is 5.32 Å². The maximum Gasteiger partial charge on any atom is 0.332 e. The molecule has 0 aliphatic carbocycles. The Balaban J connectivity index is 2.53. The quantitative estimate of drug-likeness (QED) is 0.716. The lowest BCUT2D eigenvalue weighted by Crippen LogP contribution is -2.42. The van der Waals surface area contributed by atoms with Gasteiger partial charge in [0.1, 0.15) is 17.9 Å². The summed E-state index contributed by atoms with van der Waals surface area (Å²) in [5, 5.41) is 12.0. The predicted octanol–water partition coefficient (Wildman–Crippen LogP) is -1.40. The van der Waals surface area contributed by atoms with Crippen molar-refractivity contribution in [3.05, 3.63) is 26.4 Å². The summed E-state index contributed by atoms with van der Waals surface area (Å²) in [6.07, 6.45) is 0.559. The van der Waals surface area contributed by atoms with Crippen LogP contribution in [0.4, 0.5) is 5.82 Å². The van der Waals surface area contributed by atoms with Gasteiger partial charge >= 0.3 is 5.69 Å². The first-order valence-electron chi connectivity index (χ1n) is 6.10. The molecule has 1 unspecified atom stereocenters. The van der Waals surface area contributed by atoms with Crippen molar-refractivity contribution in [3.63, 3.8) is 0 Å². The van der Waals surface area contributed by atoms with Crippen molar-refractivity contribution < 1.29 is 4.79 Å². The Labute approximate surface area is 114 Å². The van der Waals surface area contributed by atoms with E-state index < -0.39 is 17.3 Å². The van der Waals surface area contributed by atoms with Crippen LogP contribution in [-0.2, 0) is 18.9 Å². The number of hydrogen-bond acceptors (Lipinski definition) is 5. The molecule has 8 nitrogen and oxygen atoms in total. The van der Waals surface area contributed by atoms with Crippen molar-refractivity contribution >= 4 is 11.7 Å². The van der Waals surface area contributed by atoms with Crippen molar-refractivity contribution in [2.75, 3.05) is 18.9 Å². The summed E-state index contributed by atoms with van der Waals surface area (Å²) in [6.45, 7) is 0.594. The normalized spacial score (nSPS) is 18.2. The molecule has 2 rings (SSSR count). The number of nitrogens with one attached hydrogen (secondary N) is 1. The van der Waals surface area contributed by atoms with Crippen LogP contribution in [0.3, 0.4) is 0 Å². The van der Waals surface area contributed by atoms with E-state index in [4.69, 9.17) is 5.26 Å². The number of nitriles is 1. The van der Waals surface area contributed by atoms with E-state index in [0.29, 0.717) is 13.0 Å². The number of likely N-dealkylation sites (N-methyl/N-ethyl adjacent to an activating group) is 1. The highest BCUT2D eigenvalue weighted by Gasteiger charge is 2.30. The van der Waals surface area contributed by atoms with E-state index in [-0.39, 0.29) is 17.3 Å². The molecule has 1 atom stereocenters. The number of nitrogens with zero attached hydrogens (tertiary/aromatic N) is 4. The van der Waals surface area contributed by atoms with Crippen molar-refractivity contribution in [2.24, 2.45) is 14.1 Å². The molecule has 1 aromatic heterocycles. The Morgan fingerprint density at radius 1 is 1.20 bits per heavy atom. The second-order valence-corrected chi connectivity index (χ2v) is 4.79. The van der Waals surface area contributed by atoms with Crippen LogP contribution in [0.1, 0.15) is 12.0 Å². The summed E-state index contributed by atoms with van der Waals surface area (Å²) < 4.78 is 2.04. The van der Waals surface area contributed by atoms with E-state index >= 15 is 0 Å². The van der Waals surface area contributed by atoms with Crippen LogP contribution < -0.4 is 16.6 Å². The molecule has 0 saturated carbocycles. The average molecular weight is 277 g/mol. The number of carbonyl (C=O) groups is 1. The number of rotatable bonds is 2. The predicted molar refractivity (Wildman–Crippen MR) is 71.3 cm³/mol. The maximum atomic E-state index is 11.9. The van der Waals surface area contributed by atoms with Crippen molar-refractivity contribution in [3.8, 4) is 6.07 Å². The molecule has 1 amide bonds. The number of anilines is 1. The summed E-state index contributed by atoms with van der Waals surface area (Å²) in [5.41, 5.74) is -1.39. The van der Waals surface area contributed by atoms with Crippen molar-refractivity contribution in [2.45, 2.75) is 12.5 Å². The third-order valence-corrected chi connectivity index (χ3v) is 3.51. The molecule has 2 heterocycles.